The summed E-state index contributed by atoms with van der Waals surface area (Å²) in [6, 6.07) is 0.799. The minimum Gasteiger partial charge on any atom is -0.324 e. The first-order valence-electron chi connectivity index (χ1n) is 4.98. The van der Waals surface area contributed by atoms with Gasteiger partial charge in [-0.1, -0.05) is 12.8 Å². The molecule has 0 heterocycles. The van der Waals surface area contributed by atoms with Crippen LogP contribution >= 0.6 is 0 Å². The molecule has 0 aromatic heterocycles. The SMILES string of the molecule is CN(CC(C)(C)N)C1CCCC1. The summed E-state index contributed by atoms with van der Waals surface area (Å²) >= 11 is 0. The van der Waals surface area contributed by atoms with Crippen molar-refractivity contribution in [3.8, 4) is 0 Å². The summed E-state index contributed by atoms with van der Waals surface area (Å²) in [6.45, 7) is 5.20. The third kappa shape index (κ3) is 3.11. The molecule has 0 amide bonds. The summed E-state index contributed by atoms with van der Waals surface area (Å²) in [5.74, 6) is 0. The molecule has 0 atom stereocenters. The highest BCUT2D eigenvalue weighted by Gasteiger charge is 2.23. The van der Waals surface area contributed by atoms with E-state index in [1.807, 2.05) is 0 Å². The lowest BCUT2D eigenvalue weighted by Crippen LogP contribution is -2.46. The molecule has 72 valence electrons. The maximum absolute atomic E-state index is 5.96. The van der Waals surface area contributed by atoms with Gasteiger partial charge in [0, 0.05) is 18.1 Å². The van der Waals surface area contributed by atoms with Crippen molar-refractivity contribution in [1.82, 2.24) is 4.90 Å². The Balaban J connectivity index is 2.31. The molecule has 0 bridgehead atoms. The average molecular weight is 170 g/mol. The van der Waals surface area contributed by atoms with Gasteiger partial charge in [-0.15, -0.1) is 0 Å². The van der Waals surface area contributed by atoms with Crippen LogP contribution in [-0.2, 0) is 0 Å². The zero-order valence-electron chi connectivity index (χ0n) is 8.64. The van der Waals surface area contributed by atoms with Crippen LogP contribution in [0.25, 0.3) is 0 Å². The summed E-state index contributed by atoms with van der Waals surface area (Å²) < 4.78 is 0. The number of rotatable bonds is 3. The molecule has 1 aliphatic rings. The predicted molar refractivity (Wildman–Crippen MR) is 53.2 cm³/mol. The van der Waals surface area contributed by atoms with Gasteiger partial charge in [-0.3, -0.25) is 0 Å². The van der Waals surface area contributed by atoms with Crippen LogP contribution in [0, 0.1) is 0 Å². The lowest BCUT2D eigenvalue weighted by atomic mass is 10.1. The highest BCUT2D eigenvalue weighted by atomic mass is 15.1. The van der Waals surface area contributed by atoms with E-state index in [2.05, 4.69) is 25.8 Å². The van der Waals surface area contributed by atoms with Gasteiger partial charge in [0.15, 0.2) is 0 Å². The van der Waals surface area contributed by atoms with Gasteiger partial charge in [0.25, 0.3) is 0 Å². The molecule has 0 saturated heterocycles. The summed E-state index contributed by atoms with van der Waals surface area (Å²) in [5, 5.41) is 0. The molecule has 0 aromatic rings. The molecule has 1 fully saturated rings. The quantitative estimate of drug-likeness (QED) is 0.697. The Bertz CT molecular complexity index is 131. The van der Waals surface area contributed by atoms with E-state index in [4.69, 9.17) is 5.73 Å². The lowest BCUT2D eigenvalue weighted by Gasteiger charge is -2.30. The maximum atomic E-state index is 5.96. The van der Waals surface area contributed by atoms with Gasteiger partial charge in [-0.05, 0) is 33.7 Å². The minimum absolute atomic E-state index is 0.0443. The third-order valence-corrected chi connectivity index (χ3v) is 2.60. The van der Waals surface area contributed by atoms with Crippen LogP contribution in [0.2, 0.25) is 0 Å². The van der Waals surface area contributed by atoms with Gasteiger partial charge in [-0.2, -0.15) is 0 Å². The van der Waals surface area contributed by atoms with Crippen molar-refractivity contribution in [3.63, 3.8) is 0 Å². The van der Waals surface area contributed by atoms with Gasteiger partial charge in [0.05, 0.1) is 0 Å². The normalized spacial score (nSPS) is 20.8. The molecule has 0 aliphatic heterocycles. The van der Waals surface area contributed by atoms with Crippen LogP contribution in [0.4, 0.5) is 0 Å². The first kappa shape index (κ1) is 10.0. The molecule has 12 heavy (non-hydrogen) atoms. The number of hydrogen-bond acceptors (Lipinski definition) is 2. The van der Waals surface area contributed by atoms with Gasteiger partial charge < -0.3 is 10.6 Å². The highest BCUT2D eigenvalue weighted by molar-refractivity contribution is 4.82. The monoisotopic (exact) mass is 170 g/mol. The van der Waals surface area contributed by atoms with Gasteiger partial charge in [0.2, 0.25) is 0 Å². The van der Waals surface area contributed by atoms with E-state index in [1.54, 1.807) is 0 Å². The smallest absolute Gasteiger partial charge is 0.0226 e. The highest BCUT2D eigenvalue weighted by Crippen LogP contribution is 2.22. The Morgan fingerprint density at radius 1 is 1.33 bits per heavy atom. The van der Waals surface area contributed by atoms with E-state index < -0.39 is 0 Å². The molecule has 1 aliphatic carbocycles. The zero-order valence-corrected chi connectivity index (χ0v) is 8.64. The Morgan fingerprint density at radius 3 is 2.25 bits per heavy atom. The van der Waals surface area contributed by atoms with Crippen molar-refractivity contribution in [3.05, 3.63) is 0 Å². The molecule has 0 aromatic carbocycles. The zero-order chi connectivity index (χ0) is 9.19. The molecular weight excluding hydrogens is 148 g/mol. The van der Waals surface area contributed by atoms with E-state index in [0.29, 0.717) is 0 Å². The Hall–Kier alpha value is -0.0800. The number of nitrogens with two attached hydrogens (primary N) is 1. The topological polar surface area (TPSA) is 29.3 Å². The fraction of sp³-hybridized carbons (Fsp3) is 1.00. The van der Waals surface area contributed by atoms with Crippen molar-refractivity contribution in [2.45, 2.75) is 51.1 Å². The van der Waals surface area contributed by atoms with E-state index in [0.717, 1.165) is 12.6 Å². The van der Waals surface area contributed by atoms with E-state index in [1.165, 1.54) is 25.7 Å². The van der Waals surface area contributed by atoms with Crippen molar-refractivity contribution < 1.29 is 0 Å². The molecule has 2 heteroatoms. The van der Waals surface area contributed by atoms with Gasteiger partial charge >= 0.3 is 0 Å². The van der Waals surface area contributed by atoms with Crippen LogP contribution in [0.1, 0.15) is 39.5 Å². The van der Waals surface area contributed by atoms with E-state index in [9.17, 15) is 0 Å². The average Bonchev–Trinajstić information content (AvgIpc) is 2.32. The molecule has 1 saturated carbocycles. The second kappa shape index (κ2) is 3.75. The second-order valence-electron chi connectivity index (χ2n) is 4.84. The summed E-state index contributed by atoms with van der Waals surface area (Å²) in [6.07, 6.45) is 5.54. The van der Waals surface area contributed by atoms with Gasteiger partial charge in [-0.25, -0.2) is 0 Å². The van der Waals surface area contributed by atoms with E-state index >= 15 is 0 Å². The van der Waals surface area contributed by atoms with Crippen LogP contribution in [0.15, 0.2) is 0 Å². The van der Waals surface area contributed by atoms with Crippen molar-refractivity contribution in [1.29, 1.82) is 0 Å². The molecule has 0 unspecified atom stereocenters. The minimum atomic E-state index is -0.0443. The molecular formula is C10H22N2. The van der Waals surface area contributed by atoms with Crippen LogP contribution in [0.3, 0.4) is 0 Å². The van der Waals surface area contributed by atoms with Gasteiger partial charge in [0.1, 0.15) is 0 Å². The predicted octanol–water partition coefficient (Wildman–Crippen LogP) is 1.60. The maximum Gasteiger partial charge on any atom is 0.0226 e. The molecule has 2 nitrogen and oxygen atoms in total. The first-order valence-corrected chi connectivity index (χ1v) is 4.98. The molecule has 0 spiro atoms. The van der Waals surface area contributed by atoms with Crippen molar-refractivity contribution in [2.75, 3.05) is 13.6 Å². The summed E-state index contributed by atoms with van der Waals surface area (Å²) in [4.78, 5) is 2.42. The van der Waals surface area contributed by atoms with Crippen LogP contribution < -0.4 is 5.73 Å². The fourth-order valence-electron chi connectivity index (χ4n) is 2.12. The third-order valence-electron chi connectivity index (χ3n) is 2.60. The summed E-state index contributed by atoms with van der Waals surface area (Å²) in [7, 11) is 2.20. The lowest BCUT2D eigenvalue weighted by molar-refractivity contribution is 0.204. The van der Waals surface area contributed by atoms with Crippen LogP contribution in [-0.4, -0.2) is 30.1 Å². The Kier molecular flexibility index (Phi) is 3.13. The van der Waals surface area contributed by atoms with Crippen LogP contribution in [0.5, 0.6) is 0 Å². The second-order valence-corrected chi connectivity index (χ2v) is 4.84. The van der Waals surface area contributed by atoms with Crippen molar-refractivity contribution in [2.24, 2.45) is 5.73 Å². The summed E-state index contributed by atoms with van der Waals surface area (Å²) in [5.41, 5.74) is 5.92. The number of hydrogen-bond donors (Lipinski definition) is 1. The largest absolute Gasteiger partial charge is 0.324 e. The first-order chi connectivity index (χ1) is 5.49. The standard InChI is InChI=1S/C10H22N2/c1-10(2,11)8-12(3)9-6-4-5-7-9/h9H,4-8,11H2,1-3H3. The molecule has 0 radical (unpaired) electrons. The number of likely N-dealkylation sites (N-methyl/N-ethyl adjacent to an activating group) is 1. The number of nitrogens with zero attached hydrogens (tertiary/aromatic N) is 1. The Labute approximate surface area is 76.1 Å². The Morgan fingerprint density at radius 2 is 1.83 bits per heavy atom. The van der Waals surface area contributed by atoms with Crippen molar-refractivity contribution >= 4 is 0 Å². The molecule has 2 N–H and O–H groups in total. The van der Waals surface area contributed by atoms with E-state index in [-0.39, 0.29) is 5.54 Å². The molecule has 1 rings (SSSR count). The fourth-order valence-corrected chi connectivity index (χ4v) is 2.12.